The molecule has 2 aromatic rings. The zero-order valence-corrected chi connectivity index (χ0v) is 13.4. The maximum absolute atomic E-state index is 12.2. The lowest BCUT2D eigenvalue weighted by Gasteiger charge is -2.33. The van der Waals surface area contributed by atoms with Gasteiger partial charge in [0, 0.05) is 25.8 Å². The first-order chi connectivity index (χ1) is 10.1. The molecule has 2 amide bonds. The van der Waals surface area contributed by atoms with Crippen LogP contribution in [-0.2, 0) is 0 Å². The molecule has 0 saturated carbocycles. The van der Waals surface area contributed by atoms with Crippen molar-refractivity contribution in [1.82, 2.24) is 14.5 Å². The predicted molar refractivity (Wildman–Crippen MR) is 83.5 cm³/mol. The van der Waals surface area contributed by atoms with Gasteiger partial charge in [-0.2, -0.15) is 5.10 Å². The number of anilines is 1. The highest BCUT2D eigenvalue weighted by Crippen LogP contribution is 2.26. The van der Waals surface area contributed by atoms with Crippen molar-refractivity contribution in [2.75, 3.05) is 19.0 Å². The molecule has 118 valence electrons. The molecule has 0 saturated heterocycles. The largest absolute Gasteiger partial charge is 0.465 e. The predicted octanol–water partition coefficient (Wildman–Crippen LogP) is 2.32. The molecule has 0 aromatic carbocycles. The van der Waals surface area contributed by atoms with Gasteiger partial charge in [0.05, 0.1) is 23.0 Å². The smallest absolute Gasteiger partial charge is 0.412 e. The van der Waals surface area contributed by atoms with Crippen LogP contribution in [0.3, 0.4) is 0 Å². The number of pyridine rings is 1. The average molecular weight is 304 g/mol. The maximum atomic E-state index is 12.2. The van der Waals surface area contributed by atoms with Gasteiger partial charge in [-0.3, -0.25) is 9.69 Å². The third-order valence-corrected chi connectivity index (χ3v) is 3.26. The summed E-state index contributed by atoms with van der Waals surface area (Å²) < 4.78 is 1.56. The van der Waals surface area contributed by atoms with Crippen molar-refractivity contribution in [1.29, 1.82) is 0 Å². The van der Waals surface area contributed by atoms with E-state index < -0.39 is 11.6 Å². The molecule has 0 fully saturated rings. The van der Waals surface area contributed by atoms with Crippen molar-refractivity contribution < 1.29 is 14.7 Å². The van der Waals surface area contributed by atoms with Crippen LogP contribution in [0.4, 0.5) is 10.5 Å². The summed E-state index contributed by atoms with van der Waals surface area (Å²) in [4.78, 5) is 26.5. The Labute approximate surface area is 128 Å². The Hall–Kier alpha value is -2.57. The SMILES string of the molecule is CN(C)C(=O)c1cnn2ccc(N(C(=O)O)C(C)(C)C)cc12. The van der Waals surface area contributed by atoms with E-state index in [0.29, 0.717) is 16.8 Å². The van der Waals surface area contributed by atoms with Gasteiger partial charge in [-0.15, -0.1) is 0 Å². The molecule has 2 aromatic heterocycles. The number of rotatable bonds is 2. The van der Waals surface area contributed by atoms with Crippen molar-refractivity contribution >= 4 is 23.2 Å². The van der Waals surface area contributed by atoms with Crippen molar-refractivity contribution in [2.45, 2.75) is 26.3 Å². The van der Waals surface area contributed by atoms with Gasteiger partial charge < -0.3 is 10.0 Å². The number of nitrogens with zero attached hydrogens (tertiary/aromatic N) is 4. The molecule has 22 heavy (non-hydrogen) atoms. The van der Waals surface area contributed by atoms with Gasteiger partial charge in [-0.25, -0.2) is 9.31 Å². The molecule has 0 spiro atoms. The average Bonchev–Trinajstić information content (AvgIpc) is 2.78. The number of amides is 2. The fourth-order valence-corrected chi connectivity index (χ4v) is 2.30. The lowest BCUT2D eigenvalue weighted by atomic mass is 10.1. The molecule has 0 aliphatic heterocycles. The van der Waals surface area contributed by atoms with E-state index in [1.807, 2.05) is 20.8 Å². The summed E-state index contributed by atoms with van der Waals surface area (Å²) in [5.74, 6) is -0.176. The first kappa shape index (κ1) is 15.8. The van der Waals surface area contributed by atoms with Crippen LogP contribution in [0.1, 0.15) is 31.1 Å². The third kappa shape index (κ3) is 2.74. The second-order valence-corrected chi connectivity index (χ2v) is 6.26. The van der Waals surface area contributed by atoms with Crippen LogP contribution in [0.2, 0.25) is 0 Å². The van der Waals surface area contributed by atoms with E-state index in [1.54, 1.807) is 36.9 Å². The Balaban J connectivity index is 2.60. The van der Waals surface area contributed by atoms with Gasteiger partial charge in [0.15, 0.2) is 0 Å². The van der Waals surface area contributed by atoms with E-state index in [-0.39, 0.29) is 5.91 Å². The third-order valence-electron chi connectivity index (χ3n) is 3.26. The quantitative estimate of drug-likeness (QED) is 0.923. The Morgan fingerprint density at radius 1 is 1.27 bits per heavy atom. The molecule has 0 unspecified atom stereocenters. The minimum absolute atomic E-state index is 0.176. The van der Waals surface area contributed by atoms with Crippen LogP contribution >= 0.6 is 0 Å². The molecule has 0 aliphatic rings. The number of hydrogen-bond donors (Lipinski definition) is 1. The Bertz CT molecular complexity index is 728. The molecule has 7 heteroatoms. The van der Waals surface area contributed by atoms with Gasteiger partial charge in [-0.1, -0.05) is 0 Å². The minimum atomic E-state index is -1.04. The van der Waals surface area contributed by atoms with E-state index in [9.17, 15) is 14.7 Å². The van der Waals surface area contributed by atoms with Crippen molar-refractivity contribution in [3.63, 3.8) is 0 Å². The summed E-state index contributed by atoms with van der Waals surface area (Å²) in [6.07, 6.45) is 2.10. The van der Waals surface area contributed by atoms with E-state index >= 15 is 0 Å². The zero-order valence-electron chi connectivity index (χ0n) is 13.4. The highest BCUT2D eigenvalue weighted by Gasteiger charge is 2.28. The van der Waals surface area contributed by atoms with Crippen LogP contribution < -0.4 is 4.90 Å². The summed E-state index contributed by atoms with van der Waals surface area (Å²) >= 11 is 0. The second kappa shape index (κ2) is 5.32. The van der Waals surface area contributed by atoms with Crippen LogP contribution in [0.25, 0.3) is 5.52 Å². The lowest BCUT2D eigenvalue weighted by Crippen LogP contribution is -2.45. The normalized spacial score (nSPS) is 11.5. The highest BCUT2D eigenvalue weighted by atomic mass is 16.4. The number of fused-ring (bicyclic) bond motifs is 1. The first-order valence-corrected chi connectivity index (χ1v) is 6.85. The molecule has 0 radical (unpaired) electrons. The van der Waals surface area contributed by atoms with Crippen LogP contribution in [0, 0.1) is 0 Å². The van der Waals surface area contributed by atoms with Gasteiger partial charge in [0.1, 0.15) is 0 Å². The molecule has 0 atom stereocenters. The van der Waals surface area contributed by atoms with Crippen LogP contribution in [0.15, 0.2) is 24.5 Å². The molecule has 2 heterocycles. The molecule has 1 N–H and O–H groups in total. The second-order valence-electron chi connectivity index (χ2n) is 6.26. The molecule has 7 nitrogen and oxygen atoms in total. The summed E-state index contributed by atoms with van der Waals surface area (Å²) in [5.41, 5.74) is 0.911. The van der Waals surface area contributed by atoms with E-state index in [1.165, 1.54) is 16.0 Å². The highest BCUT2D eigenvalue weighted by molar-refractivity contribution is 6.01. The summed E-state index contributed by atoms with van der Waals surface area (Å²) in [6.45, 7) is 5.44. The molecular weight excluding hydrogens is 284 g/mol. The summed E-state index contributed by atoms with van der Waals surface area (Å²) in [5, 5.41) is 13.6. The number of carbonyl (C=O) groups is 2. The van der Waals surface area contributed by atoms with Crippen molar-refractivity contribution in [3.8, 4) is 0 Å². The van der Waals surface area contributed by atoms with Gasteiger partial charge in [0.25, 0.3) is 5.91 Å². The maximum Gasteiger partial charge on any atom is 0.412 e. The topological polar surface area (TPSA) is 78.2 Å². The number of hydrogen-bond acceptors (Lipinski definition) is 3. The monoisotopic (exact) mass is 304 g/mol. The van der Waals surface area contributed by atoms with E-state index in [4.69, 9.17) is 0 Å². The molecule has 2 rings (SSSR count). The Kier molecular flexibility index (Phi) is 3.83. The van der Waals surface area contributed by atoms with Gasteiger partial charge in [-0.05, 0) is 32.9 Å². The number of carboxylic acid groups (broad SMARTS) is 1. The fraction of sp³-hybridized carbons (Fsp3) is 0.400. The van der Waals surface area contributed by atoms with Crippen molar-refractivity contribution in [3.05, 3.63) is 30.1 Å². The lowest BCUT2D eigenvalue weighted by molar-refractivity contribution is 0.0829. The zero-order chi connectivity index (χ0) is 16.7. The molecular formula is C15H20N4O3. The minimum Gasteiger partial charge on any atom is -0.465 e. The Morgan fingerprint density at radius 3 is 2.41 bits per heavy atom. The van der Waals surface area contributed by atoms with Crippen LogP contribution in [-0.4, -0.2) is 51.3 Å². The summed E-state index contributed by atoms with van der Waals surface area (Å²) in [6, 6.07) is 3.34. The number of aromatic nitrogens is 2. The van der Waals surface area contributed by atoms with Gasteiger partial charge >= 0.3 is 6.09 Å². The van der Waals surface area contributed by atoms with E-state index in [2.05, 4.69) is 5.10 Å². The summed E-state index contributed by atoms with van der Waals surface area (Å²) in [7, 11) is 3.32. The van der Waals surface area contributed by atoms with Crippen LogP contribution in [0.5, 0.6) is 0 Å². The number of carbonyl (C=O) groups excluding carboxylic acids is 1. The van der Waals surface area contributed by atoms with Gasteiger partial charge in [0.2, 0.25) is 0 Å². The fourth-order valence-electron chi connectivity index (χ4n) is 2.30. The van der Waals surface area contributed by atoms with Crippen molar-refractivity contribution in [2.24, 2.45) is 0 Å². The standard InChI is InChI=1S/C15H20N4O3/c1-15(2,3)19(14(21)22)10-6-7-18-12(8-10)11(9-16-18)13(20)17(4)5/h6-9H,1-5H3,(H,21,22). The molecule has 0 aliphatic carbocycles. The molecule has 0 bridgehead atoms. The first-order valence-electron chi connectivity index (χ1n) is 6.85. The Morgan fingerprint density at radius 2 is 1.91 bits per heavy atom. The van der Waals surface area contributed by atoms with E-state index in [0.717, 1.165) is 0 Å².